The van der Waals surface area contributed by atoms with Crippen LogP contribution in [0.3, 0.4) is 0 Å². The number of hydrogen-bond acceptors (Lipinski definition) is 0. The van der Waals surface area contributed by atoms with Crippen LogP contribution < -0.4 is 0 Å². The van der Waals surface area contributed by atoms with Crippen LogP contribution in [0.5, 0.6) is 0 Å². The standard InChI is InChI=1S/C8H7Cl/c9-7-6-8-4-2-1-3-5-8/h1-7H/b7-6+. The smallest absolute Gasteiger partial charge is 0.00484 e. The number of halogens is 1. The second kappa shape index (κ2) is 3.31. The second-order valence-electron chi connectivity index (χ2n) is 1.70. The Hall–Kier alpha value is -0.750. The van der Waals surface area contributed by atoms with Crippen molar-refractivity contribution in [2.45, 2.75) is 0 Å². The molecule has 9 heavy (non-hydrogen) atoms. The lowest BCUT2D eigenvalue weighted by Crippen LogP contribution is -1.64. The fourth-order valence-corrected chi connectivity index (χ4v) is 0.782. The van der Waals surface area contributed by atoms with Crippen molar-refractivity contribution in [2.24, 2.45) is 0 Å². The summed E-state index contributed by atoms with van der Waals surface area (Å²) in [4.78, 5) is 0. The Bertz CT molecular complexity index is 189. The minimum atomic E-state index is 1.13. The molecule has 0 aliphatic heterocycles. The summed E-state index contributed by atoms with van der Waals surface area (Å²) in [6, 6.07) is 9.93. The van der Waals surface area contributed by atoms with E-state index in [0.717, 1.165) is 5.56 Å². The van der Waals surface area contributed by atoms with Crippen molar-refractivity contribution >= 4 is 17.7 Å². The van der Waals surface area contributed by atoms with E-state index < -0.39 is 0 Å². The SMILES string of the molecule is Cl/C=C/c1ccccc1. The zero-order chi connectivity index (χ0) is 6.53. The first-order valence-electron chi connectivity index (χ1n) is 2.75. The lowest BCUT2D eigenvalue weighted by atomic mass is 10.2. The maximum absolute atomic E-state index is 5.36. The van der Waals surface area contributed by atoms with E-state index in [1.54, 1.807) is 0 Å². The average Bonchev–Trinajstić information content (AvgIpc) is 1.91. The summed E-state index contributed by atoms with van der Waals surface area (Å²) >= 11 is 5.36. The molecule has 0 saturated carbocycles. The van der Waals surface area contributed by atoms with Crippen molar-refractivity contribution in [3.8, 4) is 0 Å². The first-order valence-corrected chi connectivity index (χ1v) is 3.19. The van der Waals surface area contributed by atoms with Gasteiger partial charge >= 0.3 is 0 Å². The molecule has 0 amide bonds. The zero-order valence-electron chi connectivity index (χ0n) is 4.92. The minimum Gasteiger partial charge on any atom is -0.0929 e. The summed E-state index contributed by atoms with van der Waals surface area (Å²) in [6.45, 7) is 0. The predicted octanol–water partition coefficient (Wildman–Crippen LogP) is 2.90. The molecule has 0 aliphatic rings. The predicted molar refractivity (Wildman–Crippen MR) is 41.3 cm³/mol. The van der Waals surface area contributed by atoms with Crippen LogP contribution in [0.2, 0.25) is 0 Å². The summed E-state index contributed by atoms with van der Waals surface area (Å²) in [6.07, 6.45) is 1.85. The van der Waals surface area contributed by atoms with Crippen molar-refractivity contribution in [1.82, 2.24) is 0 Å². The Morgan fingerprint density at radius 1 is 1.11 bits per heavy atom. The highest BCUT2D eigenvalue weighted by atomic mass is 35.5. The molecule has 0 radical (unpaired) electrons. The van der Waals surface area contributed by atoms with Gasteiger partial charge in [0, 0.05) is 5.54 Å². The molecule has 0 saturated heterocycles. The molecule has 1 rings (SSSR count). The van der Waals surface area contributed by atoms with Crippen molar-refractivity contribution < 1.29 is 0 Å². The van der Waals surface area contributed by atoms with E-state index in [4.69, 9.17) is 11.6 Å². The molecule has 46 valence electrons. The molecule has 0 bridgehead atoms. The third-order valence-electron chi connectivity index (χ3n) is 1.06. The normalized spacial score (nSPS) is 10.3. The van der Waals surface area contributed by atoms with E-state index in [2.05, 4.69) is 0 Å². The molecule has 0 aliphatic carbocycles. The van der Waals surface area contributed by atoms with Crippen LogP contribution in [0.4, 0.5) is 0 Å². The molecule has 1 heteroatoms. The van der Waals surface area contributed by atoms with Gasteiger partial charge in [-0.25, -0.2) is 0 Å². The first-order chi connectivity index (χ1) is 4.43. The quantitative estimate of drug-likeness (QED) is 0.560. The van der Waals surface area contributed by atoms with Gasteiger partial charge in [0.15, 0.2) is 0 Å². The van der Waals surface area contributed by atoms with Crippen molar-refractivity contribution in [2.75, 3.05) is 0 Å². The summed E-state index contributed by atoms with van der Waals surface area (Å²) in [5.41, 5.74) is 2.64. The van der Waals surface area contributed by atoms with Crippen molar-refractivity contribution in [3.63, 3.8) is 0 Å². The molecule has 0 N–H and O–H groups in total. The molecule has 0 nitrogen and oxygen atoms in total. The van der Waals surface area contributed by atoms with Crippen LogP contribution >= 0.6 is 11.6 Å². The average molecular weight is 139 g/mol. The van der Waals surface area contributed by atoms with Gasteiger partial charge in [-0.2, -0.15) is 0 Å². The Kier molecular flexibility index (Phi) is 2.34. The Morgan fingerprint density at radius 3 is 2.33 bits per heavy atom. The van der Waals surface area contributed by atoms with E-state index in [-0.39, 0.29) is 0 Å². The van der Waals surface area contributed by atoms with Crippen LogP contribution in [0.25, 0.3) is 6.08 Å². The molecule has 1 aromatic carbocycles. The zero-order valence-corrected chi connectivity index (χ0v) is 5.68. The number of benzene rings is 1. The van der Waals surface area contributed by atoms with Gasteiger partial charge in [-0.3, -0.25) is 0 Å². The maximum atomic E-state index is 5.36. The van der Waals surface area contributed by atoms with Crippen molar-refractivity contribution in [3.05, 3.63) is 41.4 Å². The molecule has 0 atom stereocenters. The fraction of sp³-hybridized carbons (Fsp3) is 0. The minimum absolute atomic E-state index is 1.13. The lowest BCUT2D eigenvalue weighted by molar-refractivity contribution is 1.66. The number of hydrogen-bond donors (Lipinski definition) is 0. The molecule has 0 heterocycles. The van der Waals surface area contributed by atoms with E-state index >= 15 is 0 Å². The van der Waals surface area contributed by atoms with E-state index in [1.807, 2.05) is 36.4 Å². The van der Waals surface area contributed by atoms with Gasteiger partial charge in [-0.05, 0) is 11.6 Å². The van der Waals surface area contributed by atoms with Crippen LogP contribution in [-0.2, 0) is 0 Å². The summed E-state index contributed by atoms with van der Waals surface area (Å²) in [5.74, 6) is 0. The van der Waals surface area contributed by atoms with E-state index in [9.17, 15) is 0 Å². The molecule has 0 spiro atoms. The fourth-order valence-electron chi connectivity index (χ4n) is 0.637. The highest BCUT2D eigenvalue weighted by Crippen LogP contribution is 2.00. The lowest BCUT2D eigenvalue weighted by Gasteiger charge is -1.86. The van der Waals surface area contributed by atoms with Gasteiger partial charge in [0.2, 0.25) is 0 Å². The highest BCUT2D eigenvalue weighted by molar-refractivity contribution is 6.27. The Morgan fingerprint density at radius 2 is 1.78 bits per heavy atom. The van der Waals surface area contributed by atoms with Crippen molar-refractivity contribution in [1.29, 1.82) is 0 Å². The molecule has 0 unspecified atom stereocenters. The summed E-state index contributed by atoms with van der Waals surface area (Å²) in [5, 5.41) is 0. The van der Waals surface area contributed by atoms with Crippen LogP contribution in [0, 0.1) is 0 Å². The van der Waals surface area contributed by atoms with Crippen LogP contribution in [0.15, 0.2) is 35.9 Å². The van der Waals surface area contributed by atoms with Gasteiger partial charge in [0.25, 0.3) is 0 Å². The molecular weight excluding hydrogens is 132 g/mol. The van der Waals surface area contributed by atoms with Gasteiger partial charge < -0.3 is 0 Å². The second-order valence-corrected chi connectivity index (χ2v) is 1.96. The van der Waals surface area contributed by atoms with Crippen LogP contribution in [0.1, 0.15) is 5.56 Å². The first kappa shape index (κ1) is 6.37. The third-order valence-corrected chi connectivity index (χ3v) is 1.18. The Balaban J connectivity index is 2.85. The Labute approximate surface area is 59.8 Å². The molecule has 0 fully saturated rings. The van der Waals surface area contributed by atoms with Gasteiger partial charge in [0.1, 0.15) is 0 Å². The summed E-state index contributed by atoms with van der Waals surface area (Å²) < 4.78 is 0. The maximum Gasteiger partial charge on any atom is 0.00484 e. The largest absolute Gasteiger partial charge is 0.0929 e. The third kappa shape index (κ3) is 1.90. The van der Waals surface area contributed by atoms with E-state index in [0.29, 0.717) is 0 Å². The van der Waals surface area contributed by atoms with Crippen LogP contribution in [-0.4, -0.2) is 0 Å². The van der Waals surface area contributed by atoms with Gasteiger partial charge in [-0.15, -0.1) is 0 Å². The molecule has 0 aromatic heterocycles. The highest BCUT2D eigenvalue weighted by Gasteiger charge is 1.78. The topological polar surface area (TPSA) is 0 Å². The molecular formula is C8H7Cl. The summed E-state index contributed by atoms with van der Waals surface area (Å²) in [7, 11) is 0. The van der Waals surface area contributed by atoms with Gasteiger partial charge in [-0.1, -0.05) is 41.9 Å². The molecule has 1 aromatic rings. The van der Waals surface area contributed by atoms with Gasteiger partial charge in [0.05, 0.1) is 0 Å². The number of rotatable bonds is 1. The monoisotopic (exact) mass is 138 g/mol. The van der Waals surface area contributed by atoms with E-state index in [1.165, 1.54) is 5.54 Å².